The van der Waals surface area contributed by atoms with E-state index in [0.29, 0.717) is 0 Å². The van der Waals surface area contributed by atoms with Crippen molar-refractivity contribution in [3.05, 3.63) is 33.2 Å². The molecule has 2 N–H and O–H groups in total. The number of nitrogens with zero attached hydrogens (tertiary/aromatic N) is 1. The lowest BCUT2D eigenvalue weighted by Gasteiger charge is -2.46. The molecule has 1 aromatic heterocycles. The lowest BCUT2D eigenvalue weighted by atomic mass is 9.82. The number of piperidine rings is 1. The fourth-order valence-corrected chi connectivity index (χ4v) is 3.67. The van der Waals surface area contributed by atoms with Gasteiger partial charge in [-0.1, -0.05) is 0 Å². The van der Waals surface area contributed by atoms with Crippen LogP contribution >= 0.6 is 0 Å². The SMILES string of the molecule is Cc1c[nH]c(CN2CCC3(CC2)OCCC[C@@H]3O)c(C)c1=O. The Morgan fingerprint density at radius 3 is 2.82 bits per heavy atom. The molecule has 5 nitrogen and oxygen atoms in total. The van der Waals surface area contributed by atoms with Crippen molar-refractivity contribution in [2.75, 3.05) is 19.7 Å². The lowest BCUT2D eigenvalue weighted by Crippen LogP contribution is -2.55. The lowest BCUT2D eigenvalue weighted by molar-refractivity contribution is -0.177. The molecular weight excluding hydrogens is 280 g/mol. The van der Waals surface area contributed by atoms with Crippen molar-refractivity contribution in [2.24, 2.45) is 0 Å². The zero-order valence-corrected chi connectivity index (χ0v) is 13.5. The zero-order valence-electron chi connectivity index (χ0n) is 13.5. The van der Waals surface area contributed by atoms with Gasteiger partial charge >= 0.3 is 0 Å². The Labute approximate surface area is 131 Å². The molecule has 3 heterocycles. The summed E-state index contributed by atoms with van der Waals surface area (Å²) in [5.41, 5.74) is 2.38. The number of pyridine rings is 1. The molecule has 1 atom stereocenters. The van der Waals surface area contributed by atoms with Crippen molar-refractivity contribution >= 4 is 0 Å². The minimum absolute atomic E-state index is 0.133. The Kier molecular flexibility index (Phi) is 4.39. The molecule has 0 aliphatic carbocycles. The van der Waals surface area contributed by atoms with Crippen LogP contribution in [0.15, 0.2) is 11.0 Å². The van der Waals surface area contributed by atoms with Crippen LogP contribution in [-0.4, -0.2) is 46.4 Å². The Morgan fingerprint density at radius 2 is 2.14 bits per heavy atom. The van der Waals surface area contributed by atoms with Gasteiger partial charge in [-0.25, -0.2) is 0 Å². The maximum absolute atomic E-state index is 12.0. The predicted molar refractivity (Wildman–Crippen MR) is 85.0 cm³/mol. The van der Waals surface area contributed by atoms with Gasteiger partial charge in [0.1, 0.15) is 0 Å². The molecule has 1 aromatic rings. The highest BCUT2D eigenvalue weighted by molar-refractivity contribution is 5.23. The number of aliphatic hydroxyl groups excluding tert-OH is 1. The summed E-state index contributed by atoms with van der Waals surface area (Å²) >= 11 is 0. The second-order valence-electron chi connectivity index (χ2n) is 6.75. The van der Waals surface area contributed by atoms with E-state index in [1.54, 1.807) is 6.20 Å². The van der Waals surface area contributed by atoms with E-state index in [9.17, 15) is 9.90 Å². The number of hydrogen-bond donors (Lipinski definition) is 2. The van der Waals surface area contributed by atoms with Crippen LogP contribution in [0, 0.1) is 13.8 Å². The highest BCUT2D eigenvalue weighted by Gasteiger charge is 2.43. The maximum Gasteiger partial charge on any atom is 0.187 e. The number of aliphatic hydroxyl groups is 1. The van der Waals surface area contributed by atoms with Gasteiger partial charge in [-0.3, -0.25) is 9.69 Å². The van der Waals surface area contributed by atoms with Crippen molar-refractivity contribution in [1.29, 1.82) is 0 Å². The number of nitrogens with one attached hydrogen (secondary N) is 1. The van der Waals surface area contributed by atoms with E-state index >= 15 is 0 Å². The van der Waals surface area contributed by atoms with Crippen LogP contribution in [0.1, 0.15) is 42.5 Å². The van der Waals surface area contributed by atoms with Crippen molar-refractivity contribution in [3.8, 4) is 0 Å². The van der Waals surface area contributed by atoms with Gasteiger partial charge in [0.2, 0.25) is 0 Å². The van der Waals surface area contributed by atoms with E-state index < -0.39 is 0 Å². The Hall–Kier alpha value is -1.17. The molecule has 5 heteroatoms. The van der Waals surface area contributed by atoms with E-state index in [2.05, 4.69) is 9.88 Å². The van der Waals surface area contributed by atoms with Crippen LogP contribution in [0.4, 0.5) is 0 Å². The molecule has 2 aliphatic rings. The summed E-state index contributed by atoms with van der Waals surface area (Å²) in [5.74, 6) is 0. The normalized spacial score (nSPS) is 25.5. The van der Waals surface area contributed by atoms with Crippen LogP contribution in [0.2, 0.25) is 0 Å². The number of ether oxygens (including phenoxy) is 1. The fourth-order valence-electron chi connectivity index (χ4n) is 3.67. The highest BCUT2D eigenvalue weighted by Crippen LogP contribution is 2.35. The summed E-state index contributed by atoms with van der Waals surface area (Å²) in [7, 11) is 0. The van der Waals surface area contributed by atoms with Crippen molar-refractivity contribution in [2.45, 2.75) is 57.8 Å². The third-order valence-corrected chi connectivity index (χ3v) is 5.32. The first-order chi connectivity index (χ1) is 10.5. The molecule has 2 aliphatic heterocycles. The number of H-pyrrole nitrogens is 1. The zero-order chi connectivity index (χ0) is 15.7. The monoisotopic (exact) mass is 306 g/mol. The molecule has 2 saturated heterocycles. The summed E-state index contributed by atoms with van der Waals surface area (Å²) in [6.45, 7) is 7.04. The summed E-state index contributed by atoms with van der Waals surface area (Å²) in [4.78, 5) is 17.6. The topological polar surface area (TPSA) is 65.6 Å². The average molecular weight is 306 g/mol. The minimum atomic E-state index is -0.329. The number of likely N-dealkylation sites (tertiary alicyclic amines) is 1. The first-order valence-electron chi connectivity index (χ1n) is 8.24. The third kappa shape index (κ3) is 2.85. The average Bonchev–Trinajstić information content (AvgIpc) is 2.53. The first-order valence-corrected chi connectivity index (χ1v) is 8.24. The van der Waals surface area contributed by atoms with Gasteiger partial charge < -0.3 is 14.8 Å². The maximum atomic E-state index is 12.0. The van der Waals surface area contributed by atoms with Gasteiger partial charge in [-0.2, -0.15) is 0 Å². The van der Waals surface area contributed by atoms with Crippen molar-refractivity contribution in [1.82, 2.24) is 9.88 Å². The smallest absolute Gasteiger partial charge is 0.187 e. The summed E-state index contributed by atoms with van der Waals surface area (Å²) in [6.07, 6.45) is 5.00. The van der Waals surface area contributed by atoms with Gasteiger partial charge in [-0.05, 0) is 39.5 Å². The summed E-state index contributed by atoms with van der Waals surface area (Å²) < 4.78 is 5.94. The Morgan fingerprint density at radius 1 is 1.41 bits per heavy atom. The molecule has 1 spiro atoms. The van der Waals surface area contributed by atoms with Crippen molar-refractivity contribution in [3.63, 3.8) is 0 Å². The van der Waals surface area contributed by atoms with E-state index in [1.165, 1.54) is 0 Å². The predicted octanol–water partition coefficient (Wildman–Crippen LogP) is 1.50. The van der Waals surface area contributed by atoms with Crippen LogP contribution in [0.25, 0.3) is 0 Å². The van der Waals surface area contributed by atoms with Gasteiger partial charge in [-0.15, -0.1) is 0 Å². The highest BCUT2D eigenvalue weighted by atomic mass is 16.5. The van der Waals surface area contributed by atoms with Gasteiger partial charge in [0.05, 0.1) is 11.7 Å². The molecule has 0 radical (unpaired) electrons. The van der Waals surface area contributed by atoms with Gasteiger partial charge in [0.25, 0.3) is 0 Å². The van der Waals surface area contributed by atoms with Crippen LogP contribution < -0.4 is 5.43 Å². The number of aromatic amines is 1. The number of aryl methyl sites for hydroxylation is 1. The Bertz CT molecular complexity index is 588. The number of hydrogen-bond acceptors (Lipinski definition) is 4. The molecule has 0 amide bonds. The molecule has 122 valence electrons. The summed E-state index contributed by atoms with van der Waals surface area (Å²) in [6, 6.07) is 0. The van der Waals surface area contributed by atoms with E-state index in [-0.39, 0.29) is 17.1 Å². The molecule has 0 aromatic carbocycles. The fraction of sp³-hybridized carbons (Fsp3) is 0.706. The second kappa shape index (κ2) is 6.14. The van der Waals surface area contributed by atoms with E-state index in [0.717, 1.165) is 68.7 Å². The molecule has 0 saturated carbocycles. The Balaban J connectivity index is 1.65. The minimum Gasteiger partial charge on any atom is -0.390 e. The van der Waals surface area contributed by atoms with E-state index in [4.69, 9.17) is 4.74 Å². The van der Waals surface area contributed by atoms with Crippen molar-refractivity contribution < 1.29 is 9.84 Å². The molecular formula is C17H26N2O3. The molecule has 3 rings (SSSR count). The largest absolute Gasteiger partial charge is 0.390 e. The molecule has 2 fully saturated rings. The third-order valence-electron chi connectivity index (χ3n) is 5.32. The van der Waals surface area contributed by atoms with Gasteiger partial charge in [0.15, 0.2) is 5.43 Å². The van der Waals surface area contributed by atoms with Crippen LogP contribution in [0.3, 0.4) is 0 Å². The van der Waals surface area contributed by atoms with Gasteiger partial charge in [0, 0.05) is 49.3 Å². The standard InChI is InChI=1S/C17H26N2O3/c1-12-10-18-14(13(2)16(12)21)11-19-7-5-17(6-8-19)15(20)4-3-9-22-17/h10,15,20H,3-9,11H2,1-2H3,(H,18,21)/t15-/m0/s1. The quantitative estimate of drug-likeness (QED) is 0.869. The van der Waals surface area contributed by atoms with Crippen LogP contribution in [0.5, 0.6) is 0 Å². The first kappa shape index (κ1) is 15.7. The molecule has 0 unspecified atom stereocenters. The number of aromatic nitrogens is 1. The molecule has 0 bridgehead atoms. The second-order valence-corrected chi connectivity index (χ2v) is 6.75. The van der Waals surface area contributed by atoms with E-state index in [1.807, 2.05) is 13.8 Å². The van der Waals surface area contributed by atoms with Crippen LogP contribution in [-0.2, 0) is 11.3 Å². The number of rotatable bonds is 2. The molecule has 22 heavy (non-hydrogen) atoms. The summed E-state index contributed by atoms with van der Waals surface area (Å²) in [5, 5.41) is 10.3.